The highest BCUT2D eigenvalue weighted by atomic mass is 16.5. The van der Waals surface area contributed by atoms with E-state index >= 15 is 0 Å². The van der Waals surface area contributed by atoms with Crippen LogP contribution in [0.25, 0.3) is 10.8 Å². The number of piperidine rings is 1. The number of nitrogens with zero attached hydrogens (tertiary/aromatic N) is 3. The fraction of sp³-hybridized carbons (Fsp3) is 0.462. The molecular formula is C26H32N4O. The normalized spacial score (nSPS) is 22.3. The Labute approximate surface area is 184 Å². The van der Waals surface area contributed by atoms with E-state index in [2.05, 4.69) is 77.6 Å². The van der Waals surface area contributed by atoms with Crippen LogP contribution in [0.1, 0.15) is 55.3 Å². The van der Waals surface area contributed by atoms with E-state index in [1.807, 2.05) is 6.20 Å². The summed E-state index contributed by atoms with van der Waals surface area (Å²) in [4.78, 5) is 2.63. The minimum Gasteiger partial charge on any atom is -0.490 e. The Morgan fingerprint density at radius 1 is 1.13 bits per heavy atom. The van der Waals surface area contributed by atoms with Gasteiger partial charge in [-0.3, -0.25) is 0 Å². The second-order valence-electron chi connectivity index (χ2n) is 9.19. The Morgan fingerprint density at radius 3 is 2.94 bits per heavy atom. The first-order valence-electron chi connectivity index (χ1n) is 11.6. The number of hydrogen-bond donors (Lipinski definition) is 1. The summed E-state index contributed by atoms with van der Waals surface area (Å²) in [6, 6.07) is 13.6. The largest absolute Gasteiger partial charge is 0.490 e. The van der Waals surface area contributed by atoms with E-state index in [0.717, 1.165) is 41.7 Å². The summed E-state index contributed by atoms with van der Waals surface area (Å²) in [6.45, 7) is 8.94. The predicted molar refractivity (Wildman–Crippen MR) is 126 cm³/mol. The monoisotopic (exact) mass is 416 g/mol. The lowest BCUT2D eigenvalue weighted by Gasteiger charge is -2.34. The number of aromatic nitrogens is 2. The quantitative estimate of drug-likeness (QED) is 0.601. The lowest BCUT2D eigenvalue weighted by atomic mass is 9.98. The summed E-state index contributed by atoms with van der Waals surface area (Å²) in [6.07, 6.45) is 7.03. The first-order chi connectivity index (χ1) is 15.1. The van der Waals surface area contributed by atoms with E-state index in [9.17, 15) is 0 Å². The van der Waals surface area contributed by atoms with Gasteiger partial charge in [0, 0.05) is 23.4 Å². The number of ether oxygens (including phenoxy) is 1. The third-order valence-corrected chi connectivity index (χ3v) is 7.18. The first-order valence-corrected chi connectivity index (χ1v) is 11.6. The molecule has 5 nitrogen and oxygen atoms in total. The van der Waals surface area contributed by atoms with Crippen LogP contribution in [0.4, 0.5) is 5.82 Å². The van der Waals surface area contributed by atoms with Gasteiger partial charge in [0.15, 0.2) is 5.82 Å². The Bertz CT molecular complexity index is 1080. The number of nitrogens with one attached hydrogen (secondary N) is 1. The maximum Gasteiger partial charge on any atom is 0.157 e. The molecule has 0 bridgehead atoms. The van der Waals surface area contributed by atoms with E-state index < -0.39 is 0 Å². The molecule has 2 aromatic carbocycles. The van der Waals surface area contributed by atoms with Gasteiger partial charge in [-0.2, -0.15) is 5.10 Å². The van der Waals surface area contributed by atoms with Gasteiger partial charge >= 0.3 is 0 Å². The molecule has 5 rings (SSSR count). The lowest BCUT2D eigenvalue weighted by molar-refractivity contribution is 0.0788. The van der Waals surface area contributed by atoms with Crippen LogP contribution in [-0.2, 0) is 0 Å². The van der Waals surface area contributed by atoms with Crippen LogP contribution in [0, 0.1) is 13.8 Å². The topological polar surface area (TPSA) is 50.3 Å². The molecule has 0 amide bonds. The van der Waals surface area contributed by atoms with Gasteiger partial charge in [0.05, 0.1) is 12.2 Å². The lowest BCUT2D eigenvalue weighted by Crippen LogP contribution is -2.42. The number of aryl methyl sites for hydroxylation is 1. The van der Waals surface area contributed by atoms with Crippen molar-refractivity contribution in [2.24, 2.45) is 0 Å². The van der Waals surface area contributed by atoms with Crippen LogP contribution < -0.4 is 10.1 Å². The molecule has 2 aliphatic rings. The maximum atomic E-state index is 6.45. The summed E-state index contributed by atoms with van der Waals surface area (Å²) < 4.78 is 6.45. The minimum absolute atomic E-state index is 0.135. The van der Waals surface area contributed by atoms with Crippen molar-refractivity contribution in [1.29, 1.82) is 0 Å². The van der Waals surface area contributed by atoms with Crippen LogP contribution in [0.5, 0.6) is 5.75 Å². The third-order valence-electron chi connectivity index (χ3n) is 7.18. The van der Waals surface area contributed by atoms with Crippen molar-refractivity contribution < 1.29 is 4.74 Å². The number of rotatable bonds is 5. The molecule has 2 unspecified atom stereocenters. The Kier molecular flexibility index (Phi) is 5.53. The molecule has 162 valence electrons. The molecular weight excluding hydrogens is 384 g/mol. The van der Waals surface area contributed by atoms with Crippen LogP contribution in [0.15, 0.2) is 42.6 Å². The van der Waals surface area contributed by atoms with Gasteiger partial charge in [-0.25, -0.2) is 0 Å². The Morgan fingerprint density at radius 2 is 2.03 bits per heavy atom. The number of benzene rings is 2. The van der Waals surface area contributed by atoms with Gasteiger partial charge in [0.25, 0.3) is 0 Å². The van der Waals surface area contributed by atoms with Crippen LogP contribution in [0.3, 0.4) is 0 Å². The van der Waals surface area contributed by atoms with Crippen LogP contribution in [0.2, 0.25) is 0 Å². The molecule has 1 aromatic heterocycles. The van der Waals surface area contributed by atoms with Gasteiger partial charge in [0.2, 0.25) is 0 Å². The molecule has 5 heteroatoms. The van der Waals surface area contributed by atoms with Crippen molar-refractivity contribution >= 4 is 16.6 Å². The van der Waals surface area contributed by atoms with E-state index in [1.54, 1.807) is 0 Å². The number of fused-ring (bicyclic) bond motifs is 2. The van der Waals surface area contributed by atoms with E-state index in [1.165, 1.54) is 36.1 Å². The zero-order valence-electron chi connectivity index (χ0n) is 18.8. The molecule has 0 radical (unpaired) electrons. The smallest absolute Gasteiger partial charge is 0.157 e. The van der Waals surface area contributed by atoms with Gasteiger partial charge in [0.1, 0.15) is 11.9 Å². The summed E-state index contributed by atoms with van der Waals surface area (Å²) >= 11 is 0. The average molecular weight is 417 g/mol. The molecule has 3 heterocycles. The molecule has 3 atom stereocenters. The fourth-order valence-electron chi connectivity index (χ4n) is 5.25. The Hall–Kier alpha value is -2.66. The van der Waals surface area contributed by atoms with Gasteiger partial charge < -0.3 is 15.0 Å². The van der Waals surface area contributed by atoms with E-state index in [4.69, 9.17) is 4.74 Å². The summed E-state index contributed by atoms with van der Waals surface area (Å²) in [5.74, 6) is 1.74. The van der Waals surface area contributed by atoms with Crippen LogP contribution in [-0.4, -0.2) is 40.3 Å². The summed E-state index contributed by atoms with van der Waals surface area (Å²) in [7, 11) is 0. The summed E-state index contributed by atoms with van der Waals surface area (Å²) in [5.41, 5.74) is 3.91. The van der Waals surface area contributed by atoms with Crippen molar-refractivity contribution in [3.63, 3.8) is 0 Å². The minimum atomic E-state index is 0.135. The molecule has 1 N–H and O–H groups in total. The molecule has 3 aromatic rings. The molecule has 2 saturated heterocycles. The molecule has 0 saturated carbocycles. The van der Waals surface area contributed by atoms with E-state index in [-0.39, 0.29) is 6.04 Å². The maximum absolute atomic E-state index is 6.45. The SMILES string of the molecule is Cc1cccc([C@@H](C)Nc2nncc3ccc(OC4CCN5CCCC5C4)cc23)c1C. The standard InChI is InChI=1S/C26H32N4O/c1-17-6-4-8-24(18(17)2)19(3)28-26-25-15-22(10-9-20(25)16-27-29-26)31-23-11-13-30-12-5-7-21(30)14-23/h4,6,8-10,15-16,19,21,23H,5,7,11-14H2,1-3H3,(H,28,29)/t19-,21?,23?/m1/s1. The van der Waals surface area contributed by atoms with Crippen LogP contribution >= 0.6 is 0 Å². The molecule has 0 spiro atoms. The fourth-order valence-corrected chi connectivity index (χ4v) is 5.25. The molecule has 2 fully saturated rings. The predicted octanol–water partition coefficient (Wildman–Crippen LogP) is 5.43. The van der Waals surface area contributed by atoms with Gasteiger partial charge in [-0.1, -0.05) is 18.2 Å². The highest BCUT2D eigenvalue weighted by Gasteiger charge is 2.32. The molecule has 31 heavy (non-hydrogen) atoms. The Balaban J connectivity index is 1.37. The van der Waals surface area contributed by atoms with Crippen molar-refractivity contribution in [1.82, 2.24) is 15.1 Å². The molecule has 2 aliphatic heterocycles. The number of anilines is 1. The zero-order chi connectivity index (χ0) is 21.4. The average Bonchev–Trinajstić information content (AvgIpc) is 3.24. The van der Waals surface area contributed by atoms with Crippen molar-refractivity contribution in [3.05, 3.63) is 59.3 Å². The molecule has 0 aliphatic carbocycles. The zero-order valence-corrected chi connectivity index (χ0v) is 18.8. The number of hydrogen-bond acceptors (Lipinski definition) is 5. The van der Waals surface area contributed by atoms with Gasteiger partial charge in [-0.05, 0) is 87.9 Å². The first kappa shape index (κ1) is 20.3. The third kappa shape index (κ3) is 4.11. The van der Waals surface area contributed by atoms with E-state index in [0.29, 0.717) is 12.1 Å². The van der Waals surface area contributed by atoms with Crippen molar-refractivity contribution in [2.75, 3.05) is 18.4 Å². The second kappa shape index (κ2) is 8.46. The second-order valence-corrected chi connectivity index (χ2v) is 9.19. The highest BCUT2D eigenvalue weighted by molar-refractivity contribution is 5.92. The highest BCUT2D eigenvalue weighted by Crippen LogP contribution is 2.32. The van der Waals surface area contributed by atoms with Crippen molar-refractivity contribution in [2.45, 2.75) is 64.6 Å². The van der Waals surface area contributed by atoms with Crippen molar-refractivity contribution in [3.8, 4) is 5.75 Å². The van der Waals surface area contributed by atoms with Gasteiger partial charge in [-0.15, -0.1) is 5.10 Å². The summed E-state index contributed by atoms with van der Waals surface area (Å²) in [5, 5.41) is 14.4.